The zero-order chi connectivity index (χ0) is 23.6. The maximum Gasteiger partial charge on any atom is 0.417 e. The lowest BCUT2D eigenvalue weighted by atomic mass is 9.83. The Morgan fingerprint density at radius 1 is 1.18 bits per heavy atom. The number of carbonyl (C=O) groups is 2. The molecule has 1 atom stereocenters. The zero-order valence-corrected chi connectivity index (χ0v) is 18.3. The number of halogens is 3. The summed E-state index contributed by atoms with van der Waals surface area (Å²) in [7, 11) is 0. The summed E-state index contributed by atoms with van der Waals surface area (Å²) in [6.07, 6.45) is 0.990. The number of nitrogens with zero attached hydrogens (tertiary/aromatic N) is 2. The van der Waals surface area contributed by atoms with Crippen LogP contribution in [-0.2, 0) is 22.3 Å². The maximum atomic E-state index is 13.7. The minimum absolute atomic E-state index is 0.0623. The summed E-state index contributed by atoms with van der Waals surface area (Å²) >= 11 is 0. The van der Waals surface area contributed by atoms with Crippen LogP contribution >= 0.6 is 0 Å². The fraction of sp³-hybridized carbons (Fsp3) is 0.458. The van der Waals surface area contributed by atoms with Gasteiger partial charge in [0.1, 0.15) is 11.8 Å². The third-order valence-electron chi connectivity index (χ3n) is 6.49. The van der Waals surface area contributed by atoms with Crippen molar-refractivity contribution in [2.24, 2.45) is 5.92 Å². The van der Waals surface area contributed by atoms with Crippen LogP contribution < -0.4 is 5.32 Å². The number of amides is 2. The minimum Gasteiger partial charge on any atom is -0.353 e. The van der Waals surface area contributed by atoms with Gasteiger partial charge in [0, 0.05) is 18.9 Å². The molecule has 1 spiro atoms. The van der Waals surface area contributed by atoms with Crippen LogP contribution in [-0.4, -0.2) is 40.1 Å². The van der Waals surface area contributed by atoms with E-state index in [1.165, 1.54) is 17.0 Å². The van der Waals surface area contributed by atoms with Crippen LogP contribution in [0.3, 0.4) is 0 Å². The molecule has 1 unspecified atom stereocenters. The van der Waals surface area contributed by atoms with Crippen molar-refractivity contribution in [2.75, 3.05) is 6.61 Å². The van der Waals surface area contributed by atoms with E-state index in [0.29, 0.717) is 18.8 Å². The zero-order valence-electron chi connectivity index (χ0n) is 18.3. The number of aromatic nitrogens is 1. The summed E-state index contributed by atoms with van der Waals surface area (Å²) < 4.78 is 47.0. The van der Waals surface area contributed by atoms with Crippen molar-refractivity contribution in [1.82, 2.24) is 15.2 Å². The van der Waals surface area contributed by atoms with Gasteiger partial charge in [0.05, 0.1) is 17.7 Å². The third-order valence-corrected chi connectivity index (χ3v) is 6.49. The molecule has 6 nitrogen and oxygen atoms in total. The summed E-state index contributed by atoms with van der Waals surface area (Å²) in [5, 5.41) is 2.78. The molecule has 1 aromatic heterocycles. The lowest BCUT2D eigenvalue weighted by Crippen LogP contribution is -2.57. The number of ether oxygens (including phenoxy) is 1. The number of alkyl halides is 3. The highest BCUT2D eigenvalue weighted by atomic mass is 19.4. The highest BCUT2D eigenvalue weighted by molar-refractivity contribution is 5.99. The number of nitrogens with one attached hydrogen (secondary N) is 1. The van der Waals surface area contributed by atoms with Crippen LogP contribution in [0.5, 0.6) is 0 Å². The molecule has 1 aliphatic heterocycles. The number of hydrogen-bond donors (Lipinski definition) is 1. The molecular weight excluding hydrogens is 435 g/mol. The monoisotopic (exact) mass is 461 g/mol. The van der Waals surface area contributed by atoms with Crippen LogP contribution in [0.2, 0.25) is 0 Å². The van der Waals surface area contributed by atoms with Crippen molar-refractivity contribution in [2.45, 2.75) is 57.1 Å². The van der Waals surface area contributed by atoms with Gasteiger partial charge in [-0.3, -0.25) is 19.5 Å². The Hall–Kier alpha value is -2.94. The van der Waals surface area contributed by atoms with E-state index < -0.39 is 40.9 Å². The molecule has 176 valence electrons. The minimum atomic E-state index is -4.70. The molecule has 9 heteroatoms. The first-order chi connectivity index (χ1) is 15.7. The van der Waals surface area contributed by atoms with E-state index in [4.69, 9.17) is 4.74 Å². The van der Waals surface area contributed by atoms with E-state index in [1.54, 1.807) is 24.5 Å². The Bertz CT molecular complexity index is 1000. The highest BCUT2D eigenvalue weighted by Gasteiger charge is 2.54. The second-order valence-electron chi connectivity index (χ2n) is 8.75. The summed E-state index contributed by atoms with van der Waals surface area (Å²) in [5.41, 5.74) is -1.81. The van der Waals surface area contributed by atoms with Gasteiger partial charge in [-0.05, 0) is 55.4 Å². The summed E-state index contributed by atoms with van der Waals surface area (Å²) in [4.78, 5) is 32.0. The molecule has 1 saturated heterocycles. The van der Waals surface area contributed by atoms with Gasteiger partial charge < -0.3 is 10.1 Å². The summed E-state index contributed by atoms with van der Waals surface area (Å²) in [5.74, 6) is -0.888. The van der Waals surface area contributed by atoms with E-state index in [1.807, 2.05) is 0 Å². The topological polar surface area (TPSA) is 71.5 Å². The molecule has 0 radical (unpaired) electrons. The molecule has 2 heterocycles. The lowest BCUT2D eigenvalue weighted by molar-refractivity contribution is -0.138. The molecule has 1 aliphatic carbocycles. The first-order valence-corrected chi connectivity index (χ1v) is 11.0. The maximum absolute atomic E-state index is 13.7. The van der Waals surface area contributed by atoms with Gasteiger partial charge in [0.15, 0.2) is 0 Å². The van der Waals surface area contributed by atoms with E-state index in [9.17, 15) is 22.8 Å². The second kappa shape index (κ2) is 9.13. The Balaban J connectivity index is 1.65. The van der Waals surface area contributed by atoms with Crippen molar-refractivity contribution in [3.63, 3.8) is 0 Å². The fourth-order valence-electron chi connectivity index (χ4n) is 4.64. The Kier molecular flexibility index (Phi) is 6.43. The number of rotatable bonds is 4. The van der Waals surface area contributed by atoms with Crippen LogP contribution in [0.1, 0.15) is 54.1 Å². The van der Waals surface area contributed by atoms with Gasteiger partial charge in [0.2, 0.25) is 5.91 Å². The van der Waals surface area contributed by atoms with Gasteiger partial charge in [-0.25, -0.2) is 0 Å². The molecule has 2 aliphatic rings. The lowest BCUT2D eigenvalue weighted by Gasteiger charge is -2.43. The van der Waals surface area contributed by atoms with Crippen molar-refractivity contribution in [3.05, 3.63) is 65.5 Å². The quantitative estimate of drug-likeness (QED) is 0.742. The molecule has 2 aromatic rings. The largest absolute Gasteiger partial charge is 0.417 e. The molecule has 0 bridgehead atoms. The average Bonchev–Trinajstić information content (AvgIpc) is 3.18. The highest BCUT2D eigenvalue weighted by Crippen LogP contribution is 2.44. The van der Waals surface area contributed by atoms with Crippen molar-refractivity contribution in [3.8, 4) is 0 Å². The number of pyridine rings is 1. The number of benzene rings is 1. The standard InChI is InChI=1S/C24H26F3N3O3/c1-16-8-10-23(11-9-16)30(22(32)18-6-2-3-7-19(18)24(25,26)27)20(15-33-23)21(31)29-14-17-5-4-12-28-13-17/h2-7,12-13,16,20H,8-11,14-15H2,1H3,(H,29,31). The van der Waals surface area contributed by atoms with E-state index in [0.717, 1.165) is 30.5 Å². The summed E-state index contributed by atoms with van der Waals surface area (Å²) in [6.45, 7) is 2.21. The molecule has 1 aromatic carbocycles. The number of hydrogen-bond acceptors (Lipinski definition) is 4. The molecule has 2 amide bonds. The summed E-state index contributed by atoms with van der Waals surface area (Å²) in [6, 6.07) is 7.20. The normalized spacial score (nSPS) is 25.3. The van der Waals surface area contributed by atoms with E-state index in [2.05, 4.69) is 17.2 Å². The van der Waals surface area contributed by atoms with Crippen LogP contribution in [0.15, 0.2) is 48.8 Å². The van der Waals surface area contributed by atoms with Gasteiger partial charge in [-0.15, -0.1) is 0 Å². The molecule has 33 heavy (non-hydrogen) atoms. The Morgan fingerprint density at radius 3 is 2.58 bits per heavy atom. The molecule has 4 rings (SSSR count). The van der Waals surface area contributed by atoms with Crippen LogP contribution in [0, 0.1) is 5.92 Å². The van der Waals surface area contributed by atoms with E-state index in [-0.39, 0.29) is 13.2 Å². The van der Waals surface area contributed by atoms with Crippen LogP contribution in [0.25, 0.3) is 0 Å². The van der Waals surface area contributed by atoms with Gasteiger partial charge >= 0.3 is 6.18 Å². The molecule has 1 N–H and O–H groups in total. The smallest absolute Gasteiger partial charge is 0.353 e. The SMILES string of the molecule is CC1CCC2(CC1)OCC(C(=O)NCc1cccnc1)N2C(=O)c1ccccc1C(F)(F)F. The van der Waals surface area contributed by atoms with Gasteiger partial charge in [-0.2, -0.15) is 13.2 Å². The van der Waals surface area contributed by atoms with Crippen molar-refractivity contribution < 1.29 is 27.5 Å². The third kappa shape index (κ3) is 4.73. The van der Waals surface area contributed by atoms with E-state index >= 15 is 0 Å². The first-order valence-electron chi connectivity index (χ1n) is 11.0. The van der Waals surface area contributed by atoms with Crippen molar-refractivity contribution >= 4 is 11.8 Å². The second-order valence-corrected chi connectivity index (χ2v) is 8.75. The molecule has 1 saturated carbocycles. The fourth-order valence-corrected chi connectivity index (χ4v) is 4.64. The predicted octanol–water partition coefficient (Wildman–Crippen LogP) is 4.16. The van der Waals surface area contributed by atoms with Gasteiger partial charge in [-0.1, -0.05) is 25.1 Å². The average molecular weight is 461 g/mol. The Morgan fingerprint density at radius 2 is 1.91 bits per heavy atom. The number of carbonyl (C=O) groups excluding carboxylic acids is 2. The molecule has 2 fully saturated rings. The Labute approximate surface area is 190 Å². The van der Waals surface area contributed by atoms with Crippen LogP contribution in [0.4, 0.5) is 13.2 Å². The van der Waals surface area contributed by atoms with Gasteiger partial charge in [0.25, 0.3) is 5.91 Å². The predicted molar refractivity (Wildman–Crippen MR) is 114 cm³/mol. The van der Waals surface area contributed by atoms with Crippen molar-refractivity contribution in [1.29, 1.82) is 0 Å². The first kappa shape index (κ1) is 23.2. The molecular formula is C24H26F3N3O3.